The maximum absolute atomic E-state index is 13.4. The second-order valence-electron chi connectivity index (χ2n) is 4.14. The van der Waals surface area contributed by atoms with Crippen LogP contribution in [-0.2, 0) is 0 Å². The lowest BCUT2D eigenvalue weighted by atomic mass is 10.1. The molecule has 1 aromatic rings. The molecule has 0 saturated carbocycles. The van der Waals surface area contributed by atoms with Gasteiger partial charge in [-0.25, -0.2) is 22.0 Å². The van der Waals surface area contributed by atoms with Crippen LogP contribution in [0, 0.1) is 29.1 Å². The van der Waals surface area contributed by atoms with Crippen LogP contribution in [0.15, 0.2) is 0 Å². The summed E-state index contributed by atoms with van der Waals surface area (Å²) in [5.41, 5.74) is -1.49. The average molecular weight is 281 g/mol. The Morgan fingerprint density at radius 3 is 1.89 bits per heavy atom. The van der Waals surface area contributed by atoms with Crippen LogP contribution >= 0.6 is 0 Å². The minimum Gasteiger partial charge on any atom is -0.391 e. The fourth-order valence-corrected chi connectivity index (χ4v) is 1.88. The Hall–Kier alpha value is -1.70. The summed E-state index contributed by atoms with van der Waals surface area (Å²) in [6.45, 7) is -0.224. The van der Waals surface area contributed by atoms with Gasteiger partial charge in [0.05, 0.1) is 6.10 Å². The summed E-state index contributed by atoms with van der Waals surface area (Å²) < 4.78 is 65.4. The van der Waals surface area contributed by atoms with Gasteiger partial charge in [-0.1, -0.05) is 0 Å². The first-order chi connectivity index (χ1) is 8.84. The van der Waals surface area contributed by atoms with E-state index >= 15 is 0 Å². The molecule has 0 aliphatic carbocycles. The van der Waals surface area contributed by atoms with E-state index in [0.717, 1.165) is 4.90 Å². The molecule has 3 nitrogen and oxygen atoms in total. The molecule has 0 aromatic heterocycles. The zero-order valence-corrected chi connectivity index (χ0v) is 9.39. The van der Waals surface area contributed by atoms with Crippen LogP contribution in [0.5, 0.6) is 0 Å². The van der Waals surface area contributed by atoms with Crippen LogP contribution < -0.4 is 0 Å². The highest BCUT2D eigenvalue weighted by Crippen LogP contribution is 2.25. The molecule has 1 aromatic carbocycles. The lowest BCUT2D eigenvalue weighted by Crippen LogP contribution is -2.32. The molecule has 104 valence electrons. The molecule has 1 fully saturated rings. The largest absolute Gasteiger partial charge is 0.391 e. The number of benzene rings is 1. The SMILES string of the molecule is O=C(c1c(F)c(F)c(F)c(F)c1F)N1CC[C@H](O)C1. The molecule has 0 radical (unpaired) electrons. The van der Waals surface area contributed by atoms with Crippen LogP contribution in [0.1, 0.15) is 16.8 Å². The van der Waals surface area contributed by atoms with Crippen LogP contribution in [-0.4, -0.2) is 35.1 Å². The monoisotopic (exact) mass is 281 g/mol. The number of aliphatic hydroxyl groups is 1. The maximum Gasteiger partial charge on any atom is 0.260 e. The van der Waals surface area contributed by atoms with Gasteiger partial charge in [-0.15, -0.1) is 0 Å². The van der Waals surface area contributed by atoms with E-state index < -0.39 is 46.7 Å². The predicted octanol–water partition coefficient (Wildman–Crippen LogP) is 1.59. The van der Waals surface area contributed by atoms with E-state index in [-0.39, 0.29) is 19.5 Å². The molecule has 19 heavy (non-hydrogen) atoms. The first kappa shape index (κ1) is 13.7. The topological polar surface area (TPSA) is 40.5 Å². The summed E-state index contributed by atoms with van der Waals surface area (Å²) in [6, 6.07) is 0. The van der Waals surface area contributed by atoms with E-state index in [0.29, 0.717) is 0 Å². The Labute approximate surface area is 104 Å². The molecular formula is C11H8F5NO2. The third-order valence-corrected chi connectivity index (χ3v) is 2.87. The molecule has 1 saturated heterocycles. The zero-order valence-electron chi connectivity index (χ0n) is 9.39. The van der Waals surface area contributed by atoms with Crippen molar-refractivity contribution in [3.63, 3.8) is 0 Å². The summed E-state index contributed by atoms with van der Waals surface area (Å²) in [7, 11) is 0. The lowest BCUT2D eigenvalue weighted by Gasteiger charge is -2.16. The van der Waals surface area contributed by atoms with Gasteiger partial charge < -0.3 is 10.0 Å². The first-order valence-electron chi connectivity index (χ1n) is 5.33. The van der Waals surface area contributed by atoms with Crippen molar-refractivity contribution >= 4 is 5.91 Å². The summed E-state index contributed by atoms with van der Waals surface area (Å²) in [4.78, 5) is 12.6. The molecule has 1 aliphatic heterocycles. The highest BCUT2D eigenvalue weighted by molar-refractivity contribution is 5.95. The number of aliphatic hydroxyl groups excluding tert-OH is 1. The molecule has 0 spiro atoms. The van der Waals surface area contributed by atoms with E-state index in [1.807, 2.05) is 0 Å². The standard InChI is InChI=1S/C11H8F5NO2/c12-6-5(7(13)9(15)10(16)8(6)14)11(19)17-2-1-4(18)3-17/h4,18H,1-3H2/t4-/m0/s1. The van der Waals surface area contributed by atoms with E-state index in [1.54, 1.807) is 0 Å². The van der Waals surface area contributed by atoms with Gasteiger partial charge in [0.15, 0.2) is 23.3 Å². The number of halogens is 5. The third kappa shape index (κ3) is 2.16. The number of hydrogen-bond acceptors (Lipinski definition) is 2. The van der Waals surface area contributed by atoms with Crippen molar-refractivity contribution in [1.29, 1.82) is 0 Å². The number of hydrogen-bond donors (Lipinski definition) is 1. The van der Waals surface area contributed by atoms with E-state index in [4.69, 9.17) is 0 Å². The van der Waals surface area contributed by atoms with Gasteiger partial charge in [0, 0.05) is 13.1 Å². The van der Waals surface area contributed by atoms with Gasteiger partial charge >= 0.3 is 0 Å². The van der Waals surface area contributed by atoms with Crippen molar-refractivity contribution in [2.24, 2.45) is 0 Å². The molecule has 2 rings (SSSR count). The Morgan fingerprint density at radius 2 is 1.47 bits per heavy atom. The van der Waals surface area contributed by atoms with Crippen molar-refractivity contribution in [2.75, 3.05) is 13.1 Å². The van der Waals surface area contributed by atoms with Gasteiger partial charge in [-0.3, -0.25) is 4.79 Å². The van der Waals surface area contributed by atoms with Crippen molar-refractivity contribution in [1.82, 2.24) is 4.90 Å². The van der Waals surface area contributed by atoms with Crippen LogP contribution in [0.2, 0.25) is 0 Å². The number of β-amino-alcohol motifs (C(OH)–C–C–N with tert-alkyl or cyclic N) is 1. The molecule has 0 unspecified atom stereocenters. The highest BCUT2D eigenvalue weighted by Gasteiger charge is 2.34. The van der Waals surface area contributed by atoms with Crippen LogP contribution in [0.4, 0.5) is 22.0 Å². The van der Waals surface area contributed by atoms with Crippen molar-refractivity contribution in [2.45, 2.75) is 12.5 Å². The Bertz CT molecular complexity index is 519. The molecule has 1 N–H and O–H groups in total. The second kappa shape index (κ2) is 4.76. The van der Waals surface area contributed by atoms with Gasteiger partial charge in [0.2, 0.25) is 5.82 Å². The van der Waals surface area contributed by atoms with Gasteiger partial charge in [-0.05, 0) is 6.42 Å². The van der Waals surface area contributed by atoms with E-state index in [9.17, 15) is 31.9 Å². The van der Waals surface area contributed by atoms with Crippen molar-refractivity contribution < 1.29 is 31.9 Å². The normalized spacial score (nSPS) is 19.1. The summed E-state index contributed by atoms with van der Waals surface area (Å²) >= 11 is 0. The Balaban J connectivity index is 2.48. The molecule has 8 heteroatoms. The Morgan fingerprint density at radius 1 is 1.00 bits per heavy atom. The highest BCUT2D eigenvalue weighted by atomic mass is 19.2. The Kier molecular flexibility index (Phi) is 3.44. The first-order valence-corrected chi connectivity index (χ1v) is 5.33. The van der Waals surface area contributed by atoms with Crippen molar-refractivity contribution in [3.8, 4) is 0 Å². The number of rotatable bonds is 1. The number of likely N-dealkylation sites (tertiary alicyclic amines) is 1. The maximum atomic E-state index is 13.4. The third-order valence-electron chi connectivity index (χ3n) is 2.87. The number of amides is 1. The van der Waals surface area contributed by atoms with Crippen molar-refractivity contribution in [3.05, 3.63) is 34.6 Å². The lowest BCUT2D eigenvalue weighted by molar-refractivity contribution is 0.0752. The van der Waals surface area contributed by atoms with Gasteiger partial charge in [0.1, 0.15) is 5.56 Å². The number of carbonyl (C=O) groups excluding carboxylic acids is 1. The fraction of sp³-hybridized carbons (Fsp3) is 0.364. The molecule has 1 aliphatic rings. The minimum absolute atomic E-state index is 0.0144. The summed E-state index contributed by atoms with van der Waals surface area (Å²) in [5, 5.41) is 9.20. The van der Waals surface area contributed by atoms with Crippen LogP contribution in [0.3, 0.4) is 0 Å². The number of nitrogens with zero attached hydrogens (tertiary/aromatic N) is 1. The fourth-order valence-electron chi connectivity index (χ4n) is 1.88. The quantitative estimate of drug-likeness (QED) is 0.482. The van der Waals surface area contributed by atoms with Gasteiger partial charge in [0.25, 0.3) is 5.91 Å². The summed E-state index contributed by atoms with van der Waals surface area (Å²) in [6.07, 6.45) is -0.688. The number of carbonyl (C=O) groups is 1. The smallest absolute Gasteiger partial charge is 0.260 e. The molecule has 1 atom stereocenters. The second-order valence-corrected chi connectivity index (χ2v) is 4.14. The zero-order chi connectivity index (χ0) is 14.3. The molecule has 1 heterocycles. The average Bonchev–Trinajstić information content (AvgIpc) is 2.81. The summed E-state index contributed by atoms with van der Waals surface area (Å²) in [5.74, 6) is -12.3. The van der Waals surface area contributed by atoms with Gasteiger partial charge in [-0.2, -0.15) is 0 Å². The predicted molar refractivity (Wildman–Crippen MR) is 52.8 cm³/mol. The van der Waals surface area contributed by atoms with E-state index in [1.165, 1.54) is 0 Å². The minimum atomic E-state index is -2.31. The molecule has 0 bridgehead atoms. The molecular weight excluding hydrogens is 273 g/mol. The molecule has 1 amide bonds. The van der Waals surface area contributed by atoms with Crippen LogP contribution in [0.25, 0.3) is 0 Å². The van der Waals surface area contributed by atoms with E-state index in [2.05, 4.69) is 0 Å².